The molecule has 2 rings (SSSR count). The van der Waals surface area contributed by atoms with E-state index in [4.69, 9.17) is 4.74 Å². The molecule has 1 aromatic carbocycles. The van der Waals surface area contributed by atoms with Crippen LogP contribution in [0.15, 0.2) is 24.3 Å². The molecule has 0 aromatic heterocycles. The SMILES string of the molecule is COc1ccc(CN2CCCC(O)C2(C)C)cc1. The number of benzene rings is 1. The molecule has 1 unspecified atom stereocenters. The van der Waals surface area contributed by atoms with Crippen LogP contribution < -0.4 is 4.74 Å². The molecule has 1 saturated heterocycles. The van der Waals surface area contributed by atoms with Gasteiger partial charge in [0.15, 0.2) is 0 Å². The summed E-state index contributed by atoms with van der Waals surface area (Å²) in [7, 11) is 1.68. The Balaban J connectivity index is 2.07. The summed E-state index contributed by atoms with van der Waals surface area (Å²) in [5.74, 6) is 0.886. The largest absolute Gasteiger partial charge is 0.497 e. The number of aliphatic hydroxyl groups excluding tert-OH is 1. The Morgan fingerprint density at radius 1 is 1.33 bits per heavy atom. The molecule has 1 N–H and O–H groups in total. The Morgan fingerprint density at radius 3 is 2.61 bits per heavy atom. The quantitative estimate of drug-likeness (QED) is 0.893. The van der Waals surface area contributed by atoms with Crippen LogP contribution in [0.2, 0.25) is 0 Å². The zero-order valence-corrected chi connectivity index (χ0v) is 11.5. The molecule has 18 heavy (non-hydrogen) atoms. The van der Waals surface area contributed by atoms with Gasteiger partial charge in [0.1, 0.15) is 5.75 Å². The first-order chi connectivity index (χ1) is 8.54. The average Bonchev–Trinajstić information content (AvgIpc) is 2.36. The summed E-state index contributed by atoms with van der Waals surface area (Å²) >= 11 is 0. The summed E-state index contributed by atoms with van der Waals surface area (Å²) in [4.78, 5) is 2.36. The van der Waals surface area contributed by atoms with E-state index in [2.05, 4.69) is 30.9 Å². The molecule has 0 amide bonds. The Labute approximate surface area is 109 Å². The van der Waals surface area contributed by atoms with E-state index >= 15 is 0 Å². The highest BCUT2D eigenvalue weighted by Gasteiger charge is 2.37. The van der Waals surface area contributed by atoms with Crippen molar-refractivity contribution in [3.63, 3.8) is 0 Å². The Hall–Kier alpha value is -1.06. The zero-order valence-electron chi connectivity index (χ0n) is 11.5. The highest BCUT2D eigenvalue weighted by molar-refractivity contribution is 5.27. The molecule has 1 fully saturated rings. The summed E-state index contributed by atoms with van der Waals surface area (Å²) in [5, 5.41) is 10.1. The van der Waals surface area contributed by atoms with Crippen LogP contribution in [0.5, 0.6) is 5.75 Å². The standard InChI is InChI=1S/C15H23NO2/c1-15(2)14(17)5-4-10-16(15)11-12-6-8-13(18-3)9-7-12/h6-9,14,17H,4-5,10-11H2,1-3H3. The maximum Gasteiger partial charge on any atom is 0.118 e. The minimum atomic E-state index is -0.232. The van der Waals surface area contributed by atoms with Crippen LogP contribution in [0.25, 0.3) is 0 Å². The molecule has 1 aliphatic rings. The van der Waals surface area contributed by atoms with Crippen LogP contribution >= 0.6 is 0 Å². The van der Waals surface area contributed by atoms with E-state index in [1.165, 1.54) is 5.56 Å². The average molecular weight is 249 g/mol. The summed E-state index contributed by atoms with van der Waals surface area (Å²) in [5.41, 5.74) is 1.12. The van der Waals surface area contributed by atoms with Crippen LogP contribution in [0.3, 0.4) is 0 Å². The lowest BCUT2D eigenvalue weighted by Gasteiger charge is -2.46. The van der Waals surface area contributed by atoms with E-state index in [0.717, 1.165) is 31.7 Å². The number of piperidine rings is 1. The molecule has 0 spiro atoms. The van der Waals surface area contributed by atoms with Gasteiger partial charge in [-0.2, -0.15) is 0 Å². The highest BCUT2D eigenvalue weighted by atomic mass is 16.5. The third kappa shape index (κ3) is 2.68. The van der Waals surface area contributed by atoms with Crippen molar-refractivity contribution in [1.29, 1.82) is 0 Å². The van der Waals surface area contributed by atoms with Crippen molar-refractivity contribution < 1.29 is 9.84 Å². The van der Waals surface area contributed by atoms with Crippen molar-refractivity contribution in [3.05, 3.63) is 29.8 Å². The lowest BCUT2D eigenvalue weighted by atomic mass is 9.87. The normalized spacial score (nSPS) is 23.9. The monoisotopic (exact) mass is 249 g/mol. The van der Waals surface area contributed by atoms with E-state index in [1.807, 2.05) is 12.1 Å². The molecular weight excluding hydrogens is 226 g/mol. The van der Waals surface area contributed by atoms with Gasteiger partial charge < -0.3 is 9.84 Å². The number of hydrogen-bond donors (Lipinski definition) is 1. The second kappa shape index (κ2) is 5.29. The van der Waals surface area contributed by atoms with E-state index < -0.39 is 0 Å². The predicted octanol–water partition coefficient (Wildman–Crippen LogP) is 2.43. The zero-order chi connectivity index (χ0) is 13.2. The Morgan fingerprint density at radius 2 is 2.00 bits per heavy atom. The second-order valence-electron chi connectivity index (χ2n) is 5.58. The lowest BCUT2D eigenvalue weighted by Crippen LogP contribution is -2.55. The van der Waals surface area contributed by atoms with Gasteiger partial charge >= 0.3 is 0 Å². The van der Waals surface area contributed by atoms with Gasteiger partial charge in [-0.25, -0.2) is 0 Å². The van der Waals surface area contributed by atoms with E-state index in [0.29, 0.717) is 0 Å². The molecule has 100 valence electrons. The first kappa shape index (κ1) is 13.4. The number of aliphatic hydroxyl groups is 1. The van der Waals surface area contributed by atoms with Crippen LogP contribution in [0, 0.1) is 0 Å². The molecule has 1 atom stereocenters. The Kier molecular flexibility index (Phi) is 3.93. The van der Waals surface area contributed by atoms with E-state index in [9.17, 15) is 5.11 Å². The van der Waals surface area contributed by atoms with E-state index in [1.54, 1.807) is 7.11 Å². The number of likely N-dealkylation sites (tertiary alicyclic amines) is 1. The van der Waals surface area contributed by atoms with Crippen molar-refractivity contribution in [3.8, 4) is 5.75 Å². The smallest absolute Gasteiger partial charge is 0.118 e. The van der Waals surface area contributed by atoms with Gasteiger partial charge in [-0.1, -0.05) is 12.1 Å². The maximum atomic E-state index is 10.1. The van der Waals surface area contributed by atoms with Gasteiger partial charge in [0.05, 0.1) is 13.2 Å². The topological polar surface area (TPSA) is 32.7 Å². The van der Waals surface area contributed by atoms with Crippen molar-refractivity contribution >= 4 is 0 Å². The Bertz CT molecular complexity index is 386. The summed E-state index contributed by atoms with van der Waals surface area (Å²) < 4.78 is 5.16. The van der Waals surface area contributed by atoms with Crippen molar-refractivity contribution in [2.75, 3.05) is 13.7 Å². The first-order valence-corrected chi connectivity index (χ1v) is 6.60. The number of nitrogens with zero attached hydrogens (tertiary/aromatic N) is 1. The fourth-order valence-electron chi connectivity index (χ4n) is 2.56. The lowest BCUT2D eigenvalue weighted by molar-refractivity contribution is -0.0481. The van der Waals surface area contributed by atoms with Gasteiger partial charge in [0.25, 0.3) is 0 Å². The number of ether oxygens (including phenoxy) is 1. The molecule has 0 radical (unpaired) electrons. The predicted molar refractivity (Wildman–Crippen MR) is 72.7 cm³/mol. The number of rotatable bonds is 3. The highest BCUT2D eigenvalue weighted by Crippen LogP contribution is 2.29. The molecule has 1 heterocycles. The fraction of sp³-hybridized carbons (Fsp3) is 0.600. The van der Waals surface area contributed by atoms with Gasteiger partial charge in [0, 0.05) is 12.1 Å². The molecule has 1 aromatic rings. The number of methoxy groups -OCH3 is 1. The summed E-state index contributed by atoms with van der Waals surface area (Å²) in [6.45, 7) is 6.19. The second-order valence-corrected chi connectivity index (χ2v) is 5.58. The van der Waals surface area contributed by atoms with Crippen molar-refractivity contribution in [2.24, 2.45) is 0 Å². The summed E-state index contributed by atoms with van der Waals surface area (Å²) in [6.07, 6.45) is 1.75. The minimum Gasteiger partial charge on any atom is -0.497 e. The van der Waals surface area contributed by atoms with Crippen molar-refractivity contribution in [2.45, 2.75) is 44.9 Å². The molecular formula is C15H23NO2. The summed E-state index contributed by atoms with van der Waals surface area (Å²) in [6, 6.07) is 8.16. The van der Waals surface area contributed by atoms with Gasteiger partial charge in [-0.3, -0.25) is 4.90 Å². The fourth-order valence-corrected chi connectivity index (χ4v) is 2.56. The van der Waals surface area contributed by atoms with E-state index in [-0.39, 0.29) is 11.6 Å². The maximum absolute atomic E-state index is 10.1. The third-order valence-electron chi connectivity index (χ3n) is 4.07. The number of hydrogen-bond acceptors (Lipinski definition) is 3. The molecule has 0 bridgehead atoms. The molecule has 1 aliphatic heterocycles. The van der Waals surface area contributed by atoms with Crippen LogP contribution in [-0.4, -0.2) is 35.3 Å². The van der Waals surface area contributed by atoms with Crippen LogP contribution in [0.4, 0.5) is 0 Å². The molecule has 3 heteroatoms. The van der Waals surface area contributed by atoms with Crippen LogP contribution in [0.1, 0.15) is 32.3 Å². The molecule has 3 nitrogen and oxygen atoms in total. The molecule has 0 aliphatic carbocycles. The minimum absolute atomic E-state index is 0.141. The van der Waals surface area contributed by atoms with Gasteiger partial charge in [-0.15, -0.1) is 0 Å². The first-order valence-electron chi connectivity index (χ1n) is 6.60. The van der Waals surface area contributed by atoms with Gasteiger partial charge in [0.2, 0.25) is 0 Å². The third-order valence-corrected chi connectivity index (χ3v) is 4.07. The van der Waals surface area contributed by atoms with Crippen molar-refractivity contribution in [1.82, 2.24) is 4.90 Å². The van der Waals surface area contributed by atoms with Crippen LogP contribution in [-0.2, 0) is 6.54 Å². The van der Waals surface area contributed by atoms with Gasteiger partial charge in [-0.05, 0) is 50.9 Å². The molecule has 0 saturated carbocycles.